The van der Waals surface area contributed by atoms with Crippen molar-refractivity contribution in [2.75, 3.05) is 0 Å². The molecule has 0 bridgehead atoms. The van der Waals surface area contributed by atoms with Gasteiger partial charge in [-0.15, -0.1) is 0 Å². The van der Waals surface area contributed by atoms with E-state index in [2.05, 4.69) is 11.1 Å². The van der Waals surface area contributed by atoms with E-state index >= 15 is 0 Å². The number of nitriles is 1. The van der Waals surface area contributed by atoms with E-state index < -0.39 is 0 Å². The lowest BCUT2D eigenvalue weighted by Gasteiger charge is -2.03. The van der Waals surface area contributed by atoms with Crippen molar-refractivity contribution in [1.82, 2.24) is 4.98 Å². The molecule has 15 heavy (non-hydrogen) atoms. The zero-order valence-corrected chi connectivity index (χ0v) is 8.25. The van der Waals surface area contributed by atoms with Crippen LogP contribution in [-0.4, -0.2) is 12.8 Å². The number of rotatable bonds is 1. The normalized spacial score (nSPS) is 17.5. The molecule has 2 nitrogen and oxygen atoms in total. The second-order valence-electron chi connectivity index (χ2n) is 4.20. The first kappa shape index (κ1) is 8.61. The van der Waals surface area contributed by atoms with Gasteiger partial charge in [0, 0.05) is 17.1 Å². The molecule has 0 unspecified atom stereocenters. The van der Waals surface area contributed by atoms with Gasteiger partial charge in [-0.05, 0) is 24.5 Å². The third-order valence-corrected chi connectivity index (χ3v) is 3.19. The van der Waals surface area contributed by atoms with Crippen LogP contribution >= 0.6 is 0 Å². The summed E-state index contributed by atoms with van der Waals surface area (Å²) in [6, 6.07) is 8.20. The van der Waals surface area contributed by atoms with Crippen LogP contribution in [0.1, 0.15) is 18.4 Å². The summed E-state index contributed by atoms with van der Waals surface area (Å²) in [6.07, 6.45) is 3.89. The highest BCUT2D eigenvalue weighted by atomic mass is 14.7. The molecule has 0 saturated heterocycles. The fourth-order valence-corrected chi connectivity index (χ4v) is 2.11. The Labute approximate surface area is 89.3 Å². The lowest BCUT2D eigenvalue weighted by atomic mass is 9.92. The first-order valence-corrected chi connectivity index (χ1v) is 5.03. The highest BCUT2D eigenvalue weighted by Crippen LogP contribution is 2.49. The van der Waals surface area contributed by atoms with E-state index in [0.717, 1.165) is 34.8 Å². The number of fused-ring (bicyclic) bond motifs is 1. The number of aromatic amines is 1. The van der Waals surface area contributed by atoms with Crippen molar-refractivity contribution in [3.05, 3.63) is 30.0 Å². The monoisotopic (exact) mass is 192 g/mol. The van der Waals surface area contributed by atoms with Gasteiger partial charge in [-0.25, -0.2) is 0 Å². The maximum atomic E-state index is 9.15. The van der Waals surface area contributed by atoms with Gasteiger partial charge in [0.05, 0.1) is 11.5 Å². The average molecular weight is 192 g/mol. The molecule has 70 valence electrons. The molecule has 3 rings (SSSR count). The Hall–Kier alpha value is -1.69. The molecule has 0 spiro atoms. The van der Waals surface area contributed by atoms with Crippen molar-refractivity contribution in [3.63, 3.8) is 0 Å². The number of H-pyrrole nitrogens is 1. The summed E-state index contributed by atoms with van der Waals surface area (Å²) in [7, 11) is 5.71. The van der Waals surface area contributed by atoms with Crippen molar-refractivity contribution >= 4 is 24.2 Å². The Morgan fingerprint density at radius 1 is 1.40 bits per heavy atom. The quantitative estimate of drug-likeness (QED) is 0.683. The molecule has 1 heterocycles. The van der Waals surface area contributed by atoms with Gasteiger partial charge in [-0.3, -0.25) is 0 Å². The minimum atomic E-state index is -0.228. The van der Waals surface area contributed by atoms with Crippen molar-refractivity contribution in [1.29, 1.82) is 5.26 Å². The van der Waals surface area contributed by atoms with Crippen LogP contribution in [0, 0.1) is 11.3 Å². The van der Waals surface area contributed by atoms with Crippen LogP contribution in [0.25, 0.3) is 10.9 Å². The first-order valence-electron chi connectivity index (χ1n) is 5.03. The van der Waals surface area contributed by atoms with Crippen molar-refractivity contribution in [2.24, 2.45) is 0 Å². The smallest absolute Gasteiger partial charge is 0.113 e. The second kappa shape index (κ2) is 2.67. The van der Waals surface area contributed by atoms with Gasteiger partial charge in [0.15, 0.2) is 0 Å². The molecule has 0 atom stereocenters. The van der Waals surface area contributed by atoms with Crippen LogP contribution in [0.4, 0.5) is 0 Å². The summed E-state index contributed by atoms with van der Waals surface area (Å²) in [4.78, 5) is 3.18. The molecule has 3 heteroatoms. The topological polar surface area (TPSA) is 39.6 Å². The minimum absolute atomic E-state index is 0.228. The van der Waals surface area contributed by atoms with Crippen LogP contribution in [0.5, 0.6) is 0 Å². The maximum Gasteiger partial charge on any atom is 0.113 e. The Morgan fingerprint density at radius 3 is 2.87 bits per heavy atom. The molecule has 1 N–H and O–H groups in total. The zero-order valence-electron chi connectivity index (χ0n) is 8.25. The number of aromatic nitrogens is 1. The Kier molecular flexibility index (Phi) is 1.53. The van der Waals surface area contributed by atoms with Crippen LogP contribution in [0.15, 0.2) is 24.4 Å². The van der Waals surface area contributed by atoms with E-state index in [1.807, 2.05) is 24.4 Å². The zero-order chi connectivity index (χ0) is 10.5. The van der Waals surface area contributed by atoms with Crippen LogP contribution in [-0.2, 0) is 5.41 Å². The van der Waals surface area contributed by atoms with E-state index in [1.54, 1.807) is 0 Å². The van der Waals surface area contributed by atoms with Crippen molar-refractivity contribution in [3.8, 4) is 6.07 Å². The van der Waals surface area contributed by atoms with Crippen LogP contribution < -0.4 is 5.46 Å². The largest absolute Gasteiger partial charge is 0.361 e. The molecule has 1 fully saturated rings. The van der Waals surface area contributed by atoms with Gasteiger partial charge < -0.3 is 4.98 Å². The van der Waals surface area contributed by atoms with E-state index in [0.29, 0.717) is 0 Å². The van der Waals surface area contributed by atoms with Gasteiger partial charge in [-0.1, -0.05) is 17.6 Å². The van der Waals surface area contributed by atoms with E-state index in [4.69, 9.17) is 13.1 Å². The lowest BCUT2D eigenvalue weighted by molar-refractivity contribution is 0.919. The molecular formula is C12H9BN2. The second-order valence-corrected chi connectivity index (χ2v) is 4.20. The minimum Gasteiger partial charge on any atom is -0.361 e. The maximum absolute atomic E-state index is 9.15. The molecule has 1 aromatic carbocycles. The summed E-state index contributed by atoms with van der Waals surface area (Å²) in [5.41, 5.74) is 2.66. The number of nitrogens with zero attached hydrogens (tertiary/aromatic N) is 1. The predicted octanol–water partition coefficient (Wildman–Crippen LogP) is 1.52. The molecular weight excluding hydrogens is 183 g/mol. The third-order valence-electron chi connectivity index (χ3n) is 3.19. The standard InChI is InChI=1S/C12H9BN2/c13-8-1-2-9-10(6-15-11(9)5-8)12(7-14)3-4-12/h1-2,5-6,15H,3-4H2. The van der Waals surface area contributed by atoms with E-state index in [-0.39, 0.29) is 5.41 Å². The summed E-state index contributed by atoms with van der Waals surface area (Å²) in [5, 5.41) is 10.3. The van der Waals surface area contributed by atoms with Crippen LogP contribution in [0.2, 0.25) is 0 Å². The van der Waals surface area contributed by atoms with Gasteiger partial charge in [0.1, 0.15) is 7.85 Å². The molecule has 0 aliphatic heterocycles. The van der Waals surface area contributed by atoms with Crippen molar-refractivity contribution < 1.29 is 0 Å². The first-order chi connectivity index (χ1) is 7.25. The van der Waals surface area contributed by atoms with E-state index in [9.17, 15) is 0 Å². The summed E-state index contributed by atoms with van der Waals surface area (Å²) < 4.78 is 0. The van der Waals surface area contributed by atoms with Gasteiger partial charge in [0.25, 0.3) is 0 Å². The Morgan fingerprint density at radius 2 is 2.20 bits per heavy atom. The molecule has 1 aliphatic rings. The number of benzene rings is 1. The molecule has 1 aliphatic carbocycles. The van der Waals surface area contributed by atoms with Gasteiger partial charge in [-0.2, -0.15) is 5.26 Å². The molecule has 1 aromatic heterocycles. The molecule has 0 amide bonds. The molecule has 2 aromatic rings. The summed E-state index contributed by atoms with van der Waals surface area (Å²) in [5.74, 6) is 0. The number of hydrogen-bond donors (Lipinski definition) is 1. The Balaban J connectivity index is 2.26. The Bertz CT molecular complexity index is 573. The highest BCUT2D eigenvalue weighted by Gasteiger charge is 2.46. The van der Waals surface area contributed by atoms with Crippen molar-refractivity contribution in [2.45, 2.75) is 18.3 Å². The van der Waals surface area contributed by atoms with Crippen LogP contribution in [0.3, 0.4) is 0 Å². The number of hydrogen-bond acceptors (Lipinski definition) is 1. The fraction of sp³-hybridized carbons (Fsp3) is 0.250. The highest BCUT2D eigenvalue weighted by molar-refractivity contribution is 6.33. The summed E-state index contributed by atoms with van der Waals surface area (Å²) >= 11 is 0. The predicted molar refractivity (Wildman–Crippen MR) is 60.2 cm³/mol. The van der Waals surface area contributed by atoms with Gasteiger partial charge >= 0.3 is 0 Å². The summed E-state index contributed by atoms with van der Waals surface area (Å²) in [6.45, 7) is 0. The fourth-order valence-electron chi connectivity index (χ4n) is 2.11. The molecule has 1 saturated carbocycles. The number of nitrogens with one attached hydrogen (secondary N) is 1. The molecule has 2 radical (unpaired) electrons. The SMILES string of the molecule is [B]c1ccc2c(C3(C#N)CC3)c[nH]c2c1. The lowest BCUT2D eigenvalue weighted by Crippen LogP contribution is -2.02. The average Bonchev–Trinajstić information content (AvgIpc) is 2.93. The third kappa shape index (κ3) is 1.11. The van der Waals surface area contributed by atoms with E-state index in [1.165, 1.54) is 0 Å². The van der Waals surface area contributed by atoms with Gasteiger partial charge in [0.2, 0.25) is 0 Å².